The van der Waals surface area contributed by atoms with E-state index in [2.05, 4.69) is 15.7 Å². The van der Waals surface area contributed by atoms with Crippen LogP contribution < -0.4 is 15.4 Å². The number of aromatic nitrogens is 2. The number of anilines is 1. The largest absolute Gasteiger partial charge is 0.497 e. The van der Waals surface area contributed by atoms with Crippen LogP contribution >= 0.6 is 0 Å². The first kappa shape index (κ1) is 19.1. The maximum absolute atomic E-state index is 13.6. The fraction of sp³-hybridized carbons (Fsp3) is 0.444. The number of amides is 1. The fourth-order valence-electron chi connectivity index (χ4n) is 3.12. The van der Waals surface area contributed by atoms with E-state index in [0.29, 0.717) is 11.3 Å². The first-order valence-electron chi connectivity index (χ1n) is 8.56. The first-order chi connectivity index (χ1) is 12.7. The highest BCUT2D eigenvalue weighted by molar-refractivity contribution is 5.99. The summed E-state index contributed by atoms with van der Waals surface area (Å²) in [6, 6.07) is 4.23. The number of halogens is 3. The molecule has 3 rings (SSSR count). The summed E-state index contributed by atoms with van der Waals surface area (Å²) in [4.78, 5) is 12.4. The van der Waals surface area contributed by atoms with Gasteiger partial charge in [0.1, 0.15) is 17.1 Å². The second kappa shape index (κ2) is 7.13. The number of fused-ring (bicyclic) bond motifs is 1. The van der Waals surface area contributed by atoms with Crippen molar-refractivity contribution in [2.45, 2.75) is 44.6 Å². The normalized spacial score (nSPS) is 19.4. The van der Waals surface area contributed by atoms with Crippen LogP contribution in [0, 0.1) is 0 Å². The number of hydrogen-bond donors (Lipinski definition) is 2. The molecule has 1 aliphatic rings. The minimum absolute atomic E-state index is 0.0718. The number of alkyl halides is 3. The molecular weight excluding hydrogens is 361 g/mol. The molecule has 0 saturated carbocycles. The lowest BCUT2D eigenvalue weighted by Crippen LogP contribution is -2.37. The standard InChI is InChI=1S/C18H21F3N4O2/c1-10(2)23-17(26)13-9-22-25-15(18(19,20)21)8-14(24-16(13)25)11-4-6-12(27-3)7-5-11/h4-7,9-10,14-15,24H,8H2,1-3H3,(H,23,26)/t14-,15-/m1/s1. The van der Waals surface area contributed by atoms with Crippen LogP contribution in [-0.2, 0) is 0 Å². The van der Waals surface area contributed by atoms with Gasteiger partial charge in [-0.2, -0.15) is 18.3 Å². The Bertz CT molecular complexity index is 815. The lowest BCUT2D eigenvalue weighted by atomic mass is 9.96. The Hall–Kier alpha value is -2.71. The SMILES string of the molecule is COc1ccc([C@H]2C[C@H](C(F)(F)F)n3ncc(C(=O)NC(C)C)c3N2)cc1. The van der Waals surface area contributed by atoms with Crippen LogP contribution in [-0.4, -0.2) is 35.0 Å². The number of methoxy groups -OCH3 is 1. The summed E-state index contributed by atoms with van der Waals surface area (Å²) < 4.78 is 46.9. The number of nitrogens with one attached hydrogen (secondary N) is 2. The van der Waals surface area contributed by atoms with E-state index in [1.54, 1.807) is 38.1 Å². The second-order valence-corrected chi connectivity index (χ2v) is 6.74. The molecule has 0 fully saturated rings. The molecule has 1 amide bonds. The van der Waals surface area contributed by atoms with Gasteiger partial charge >= 0.3 is 6.18 Å². The number of rotatable bonds is 4. The van der Waals surface area contributed by atoms with Crippen molar-refractivity contribution >= 4 is 11.7 Å². The molecule has 0 aliphatic carbocycles. The minimum Gasteiger partial charge on any atom is -0.497 e. The molecule has 0 bridgehead atoms. The highest BCUT2D eigenvalue weighted by Crippen LogP contribution is 2.44. The van der Waals surface area contributed by atoms with Gasteiger partial charge in [0, 0.05) is 12.5 Å². The van der Waals surface area contributed by atoms with Crippen LogP contribution in [0.2, 0.25) is 0 Å². The Labute approximate surface area is 154 Å². The quantitative estimate of drug-likeness (QED) is 0.846. The molecule has 6 nitrogen and oxygen atoms in total. The van der Waals surface area contributed by atoms with Crippen molar-refractivity contribution < 1.29 is 22.7 Å². The van der Waals surface area contributed by atoms with E-state index in [9.17, 15) is 18.0 Å². The van der Waals surface area contributed by atoms with E-state index in [1.807, 2.05) is 0 Å². The number of carbonyl (C=O) groups is 1. The average molecular weight is 382 g/mol. The summed E-state index contributed by atoms with van der Waals surface area (Å²) in [5.74, 6) is 0.224. The summed E-state index contributed by atoms with van der Waals surface area (Å²) in [7, 11) is 1.52. The maximum atomic E-state index is 13.6. The van der Waals surface area contributed by atoms with E-state index in [4.69, 9.17) is 4.74 Å². The van der Waals surface area contributed by atoms with Gasteiger partial charge in [0.05, 0.1) is 19.3 Å². The lowest BCUT2D eigenvalue weighted by Gasteiger charge is -2.34. The number of ether oxygens (including phenoxy) is 1. The zero-order valence-corrected chi connectivity index (χ0v) is 15.2. The molecule has 146 valence electrons. The van der Waals surface area contributed by atoms with Gasteiger partial charge in [-0.05, 0) is 31.5 Å². The number of hydrogen-bond acceptors (Lipinski definition) is 4. The lowest BCUT2D eigenvalue weighted by molar-refractivity contribution is -0.173. The molecule has 9 heteroatoms. The number of benzene rings is 1. The van der Waals surface area contributed by atoms with Gasteiger partial charge < -0.3 is 15.4 Å². The zero-order valence-electron chi connectivity index (χ0n) is 15.2. The van der Waals surface area contributed by atoms with Gasteiger partial charge in [-0.3, -0.25) is 4.79 Å². The van der Waals surface area contributed by atoms with E-state index in [0.717, 1.165) is 4.68 Å². The van der Waals surface area contributed by atoms with Crippen molar-refractivity contribution in [2.24, 2.45) is 0 Å². The van der Waals surface area contributed by atoms with Gasteiger partial charge in [0.25, 0.3) is 5.91 Å². The van der Waals surface area contributed by atoms with Crippen LogP contribution in [0.25, 0.3) is 0 Å². The van der Waals surface area contributed by atoms with E-state index < -0.39 is 24.2 Å². The van der Waals surface area contributed by atoms with E-state index in [-0.39, 0.29) is 23.8 Å². The summed E-state index contributed by atoms with van der Waals surface area (Å²) in [5, 5.41) is 9.58. The Morgan fingerprint density at radius 2 is 2.00 bits per heavy atom. The minimum atomic E-state index is -4.49. The molecule has 0 unspecified atom stereocenters. The average Bonchev–Trinajstić information content (AvgIpc) is 3.03. The molecule has 0 spiro atoms. The predicted octanol–water partition coefficient (Wildman–Crippen LogP) is 3.69. The number of nitrogens with zero attached hydrogens (tertiary/aromatic N) is 2. The molecule has 1 aliphatic heterocycles. The molecule has 0 radical (unpaired) electrons. The molecule has 0 saturated heterocycles. The van der Waals surface area contributed by atoms with Crippen LogP contribution in [0.15, 0.2) is 30.5 Å². The monoisotopic (exact) mass is 382 g/mol. The molecule has 2 heterocycles. The summed E-state index contributed by atoms with van der Waals surface area (Å²) in [5.41, 5.74) is 0.767. The highest BCUT2D eigenvalue weighted by Gasteiger charge is 2.47. The fourth-order valence-corrected chi connectivity index (χ4v) is 3.12. The molecule has 2 aromatic rings. The van der Waals surface area contributed by atoms with Crippen molar-refractivity contribution in [3.63, 3.8) is 0 Å². The predicted molar refractivity (Wildman–Crippen MR) is 93.9 cm³/mol. The highest BCUT2D eigenvalue weighted by atomic mass is 19.4. The number of carbonyl (C=O) groups excluding carboxylic acids is 1. The van der Waals surface area contributed by atoms with Crippen molar-refractivity contribution in [3.8, 4) is 5.75 Å². The van der Waals surface area contributed by atoms with Gasteiger partial charge in [-0.1, -0.05) is 12.1 Å². The van der Waals surface area contributed by atoms with Gasteiger partial charge in [-0.15, -0.1) is 0 Å². The van der Waals surface area contributed by atoms with Crippen LogP contribution in [0.3, 0.4) is 0 Å². The van der Waals surface area contributed by atoms with E-state index in [1.165, 1.54) is 13.3 Å². The maximum Gasteiger partial charge on any atom is 0.410 e. The van der Waals surface area contributed by atoms with Crippen LogP contribution in [0.5, 0.6) is 5.75 Å². The smallest absolute Gasteiger partial charge is 0.410 e. The van der Waals surface area contributed by atoms with Crippen molar-refractivity contribution in [3.05, 3.63) is 41.6 Å². The third kappa shape index (κ3) is 3.86. The van der Waals surface area contributed by atoms with Gasteiger partial charge in [0.15, 0.2) is 6.04 Å². The third-order valence-electron chi connectivity index (χ3n) is 4.42. The Balaban J connectivity index is 1.99. The molecule has 1 aromatic carbocycles. The van der Waals surface area contributed by atoms with Crippen LogP contribution in [0.1, 0.15) is 48.3 Å². The van der Waals surface area contributed by atoms with Gasteiger partial charge in [-0.25, -0.2) is 4.68 Å². The third-order valence-corrected chi connectivity index (χ3v) is 4.42. The summed E-state index contributed by atoms with van der Waals surface area (Å²) >= 11 is 0. The Morgan fingerprint density at radius 3 is 2.56 bits per heavy atom. The molecule has 1 aromatic heterocycles. The van der Waals surface area contributed by atoms with Crippen molar-refractivity contribution in [1.29, 1.82) is 0 Å². The van der Waals surface area contributed by atoms with Gasteiger partial charge in [0.2, 0.25) is 0 Å². The zero-order chi connectivity index (χ0) is 19.8. The van der Waals surface area contributed by atoms with Crippen molar-refractivity contribution in [2.75, 3.05) is 12.4 Å². The molecule has 2 atom stereocenters. The van der Waals surface area contributed by atoms with E-state index >= 15 is 0 Å². The summed E-state index contributed by atoms with van der Waals surface area (Å²) in [6.45, 7) is 3.56. The Morgan fingerprint density at radius 1 is 1.33 bits per heavy atom. The second-order valence-electron chi connectivity index (χ2n) is 6.74. The van der Waals surface area contributed by atoms with Crippen molar-refractivity contribution in [1.82, 2.24) is 15.1 Å². The topological polar surface area (TPSA) is 68.2 Å². The molecular formula is C18H21F3N4O2. The molecule has 27 heavy (non-hydrogen) atoms. The molecule has 2 N–H and O–H groups in total. The first-order valence-corrected chi connectivity index (χ1v) is 8.56. The Kier molecular flexibility index (Phi) is 5.03. The summed E-state index contributed by atoms with van der Waals surface area (Å²) in [6.07, 6.45) is -3.54. The van der Waals surface area contributed by atoms with Crippen LogP contribution in [0.4, 0.5) is 19.0 Å².